The molecule has 0 aliphatic carbocycles. The van der Waals surface area contributed by atoms with Crippen LogP contribution in [-0.4, -0.2) is 29.2 Å². The first-order chi connectivity index (χ1) is 14.1. The van der Waals surface area contributed by atoms with Crippen LogP contribution in [0.1, 0.15) is 30.5 Å². The second-order valence-corrected chi connectivity index (χ2v) is 7.52. The van der Waals surface area contributed by atoms with Crippen molar-refractivity contribution in [3.8, 4) is 11.3 Å². The van der Waals surface area contributed by atoms with Gasteiger partial charge in [0.25, 0.3) is 0 Å². The quantitative estimate of drug-likeness (QED) is 0.662. The number of piperidine rings is 1. The van der Waals surface area contributed by atoms with Gasteiger partial charge in [0.05, 0.1) is 17.8 Å². The molecule has 6 heteroatoms. The zero-order valence-corrected chi connectivity index (χ0v) is 16.5. The van der Waals surface area contributed by atoms with Crippen molar-refractivity contribution in [2.45, 2.75) is 32.6 Å². The fourth-order valence-corrected chi connectivity index (χ4v) is 3.74. The van der Waals surface area contributed by atoms with E-state index in [1.807, 2.05) is 6.92 Å². The summed E-state index contributed by atoms with van der Waals surface area (Å²) in [4.78, 5) is 14.9. The fraction of sp³-hybridized carbons (Fsp3) is 0.304. The molecule has 1 saturated heterocycles. The number of halogens is 1. The van der Waals surface area contributed by atoms with E-state index in [-0.39, 0.29) is 18.1 Å². The number of aromatic amines is 1. The van der Waals surface area contributed by atoms with Crippen molar-refractivity contribution in [2.75, 3.05) is 23.3 Å². The normalized spacial score (nSPS) is 14.1. The third-order valence-electron chi connectivity index (χ3n) is 5.35. The molecule has 2 heterocycles. The molecule has 1 fully saturated rings. The number of anilines is 2. The van der Waals surface area contributed by atoms with E-state index < -0.39 is 0 Å². The van der Waals surface area contributed by atoms with E-state index in [0.717, 1.165) is 35.6 Å². The van der Waals surface area contributed by atoms with Crippen LogP contribution in [0.3, 0.4) is 0 Å². The molecule has 0 atom stereocenters. The first kappa shape index (κ1) is 19.2. The molecule has 0 spiro atoms. The molecule has 29 heavy (non-hydrogen) atoms. The van der Waals surface area contributed by atoms with Crippen molar-refractivity contribution in [1.29, 1.82) is 0 Å². The highest BCUT2D eigenvalue weighted by Crippen LogP contribution is 2.30. The Labute approximate surface area is 169 Å². The third kappa shape index (κ3) is 4.47. The van der Waals surface area contributed by atoms with E-state index in [4.69, 9.17) is 0 Å². The molecule has 3 aromatic rings. The van der Waals surface area contributed by atoms with Crippen LogP contribution in [0.15, 0.2) is 48.5 Å². The molecular formula is C23H25FN4O. The lowest BCUT2D eigenvalue weighted by atomic mass is 10.1. The number of nitrogens with one attached hydrogen (secondary N) is 2. The number of benzene rings is 2. The summed E-state index contributed by atoms with van der Waals surface area (Å²) < 4.78 is 13.1. The standard InChI is InChI=1S/C23H25FN4O/c1-16-22(25-21(29)15-17-5-9-19(24)10-6-17)23(27-26-16)18-7-11-20(12-8-18)28-13-3-2-4-14-28/h5-12H,2-4,13-15H2,1H3,(H,25,29)(H,26,27). The topological polar surface area (TPSA) is 61.0 Å². The Bertz CT molecular complexity index is 973. The number of rotatable bonds is 5. The van der Waals surface area contributed by atoms with E-state index in [1.54, 1.807) is 12.1 Å². The van der Waals surface area contributed by atoms with Crippen LogP contribution < -0.4 is 10.2 Å². The van der Waals surface area contributed by atoms with Crippen molar-refractivity contribution in [1.82, 2.24) is 10.2 Å². The number of carbonyl (C=O) groups is 1. The summed E-state index contributed by atoms with van der Waals surface area (Å²) in [6.07, 6.45) is 3.97. The molecule has 1 aliphatic rings. The highest BCUT2D eigenvalue weighted by molar-refractivity contribution is 5.96. The maximum atomic E-state index is 13.1. The average molecular weight is 392 g/mol. The Morgan fingerprint density at radius 2 is 1.76 bits per heavy atom. The summed E-state index contributed by atoms with van der Waals surface area (Å²) in [5.74, 6) is -0.470. The summed E-state index contributed by atoms with van der Waals surface area (Å²) in [6.45, 7) is 4.09. The van der Waals surface area contributed by atoms with Crippen molar-refractivity contribution in [3.63, 3.8) is 0 Å². The maximum Gasteiger partial charge on any atom is 0.228 e. The van der Waals surface area contributed by atoms with Gasteiger partial charge in [-0.05, 0) is 56.0 Å². The summed E-state index contributed by atoms with van der Waals surface area (Å²) in [5, 5.41) is 10.3. The molecule has 0 radical (unpaired) electrons. The summed E-state index contributed by atoms with van der Waals surface area (Å²) >= 11 is 0. The van der Waals surface area contributed by atoms with Crippen LogP contribution in [-0.2, 0) is 11.2 Å². The van der Waals surface area contributed by atoms with E-state index in [2.05, 4.69) is 44.7 Å². The molecule has 150 valence electrons. The van der Waals surface area contributed by atoms with Gasteiger partial charge < -0.3 is 10.2 Å². The summed E-state index contributed by atoms with van der Waals surface area (Å²) in [5.41, 5.74) is 5.14. The number of amides is 1. The molecule has 0 saturated carbocycles. The van der Waals surface area contributed by atoms with Crippen LogP contribution in [0.25, 0.3) is 11.3 Å². The number of aryl methyl sites for hydroxylation is 1. The second kappa shape index (κ2) is 8.47. The van der Waals surface area contributed by atoms with E-state index >= 15 is 0 Å². The van der Waals surface area contributed by atoms with E-state index in [9.17, 15) is 9.18 Å². The minimum absolute atomic E-state index is 0.160. The zero-order valence-electron chi connectivity index (χ0n) is 16.5. The molecule has 1 amide bonds. The average Bonchev–Trinajstić information content (AvgIpc) is 3.10. The Morgan fingerprint density at radius 3 is 2.45 bits per heavy atom. The lowest BCUT2D eigenvalue weighted by Crippen LogP contribution is -2.29. The van der Waals surface area contributed by atoms with Gasteiger partial charge in [0.15, 0.2) is 0 Å². The zero-order chi connectivity index (χ0) is 20.2. The molecule has 4 rings (SSSR count). The number of hydrogen-bond acceptors (Lipinski definition) is 3. The van der Waals surface area contributed by atoms with Crippen LogP contribution in [0.4, 0.5) is 15.8 Å². The van der Waals surface area contributed by atoms with Gasteiger partial charge in [0.2, 0.25) is 5.91 Å². The van der Waals surface area contributed by atoms with E-state index in [1.165, 1.54) is 37.1 Å². The van der Waals surface area contributed by atoms with Gasteiger partial charge in [-0.25, -0.2) is 4.39 Å². The Hall–Kier alpha value is -3.15. The highest BCUT2D eigenvalue weighted by Gasteiger charge is 2.16. The SMILES string of the molecule is Cc1[nH]nc(-c2ccc(N3CCCCC3)cc2)c1NC(=O)Cc1ccc(F)cc1. The van der Waals surface area contributed by atoms with Gasteiger partial charge in [-0.3, -0.25) is 9.89 Å². The number of hydrogen-bond donors (Lipinski definition) is 2. The molecule has 1 aliphatic heterocycles. The smallest absolute Gasteiger partial charge is 0.228 e. The Morgan fingerprint density at radius 1 is 1.07 bits per heavy atom. The molecule has 2 N–H and O–H groups in total. The second-order valence-electron chi connectivity index (χ2n) is 7.52. The number of carbonyl (C=O) groups excluding carboxylic acids is 1. The first-order valence-electron chi connectivity index (χ1n) is 10.0. The number of nitrogens with zero attached hydrogens (tertiary/aromatic N) is 2. The van der Waals surface area contributed by atoms with Crippen LogP contribution >= 0.6 is 0 Å². The molecule has 1 aromatic heterocycles. The van der Waals surface area contributed by atoms with Crippen molar-refractivity contribution in [3.05, 3.63) is 65.6 Å². The van der Waals surface area contributed by atoms with Crippen molar-refractivity contribution >= 4 is 17.3 Å². The Kier molecular flexibility index (Phi) is 5.60. The largest absolute Gasteiger partial charge is 0.372 e. The predicted molar refractivity (Wildman–Crippen MR) is 114 cm³/mol. The van der Waals surface area contributed by atoms with Gasteiger partial charge in [-0.2, -0.15) is 5.10 Å². The van der Waals surface area contributed by atoms with Gasteiger partial charge >= 0.3 is 0 Å². The summed E-state index contributed by atoms with van der Waals surface area (Å²) in [7, 11) is 0. The van der Waals surface area contributed by atoms with Crippen LogP contribution in [0.5, 0.6) is 0 Å². The molecule has 0 unspecified atom stereocenters. The fourth-order valence-electron chi connectivity index (χ4n) is 3.74. The molecule has 0 bridgehead atoms. The third-order valence-corrected chi connectivity index (χ3v) is 5.35. The molecular weight excluding hydrogens is 367 g/mol. The lowest BCUT2D eigenvalue weighted by Gasteiger charge is -2.28. The van der Waals surface area contributed by atoms with Gasteiger partial charge in [0.1, 0.15) is 11.5 Å². The summed E-state index contributed by atoms with van der Waals surface area (Å²) in [6, 6.07) is 14.3. The van der Waals surface area contributed by atoms with Gasteiger partial charge in [-0.1, -0.05) is 24.3 Å². The molecule has 2 aromatic carbocycles. The molecule has 5 nitrogen and oxygen atoms in total. The van der Waals surface area contributed by atoms with Crippen LogP contribution in [0, 0.1) is 12.7 Å². The monoisotopic (exact) mass is 392 g/mol. The van der Waals surface area contributed by atoms with Gasteiger partial charge in [-0.15, -0.1) is 0 Å². The Balaban J connectivity index is 1.49. The minimum atomic E-state index is -0.310. The maximum absolute atomic E-state index is 13.1. The van der Waals surface area contributed by atoms with Crippen molar-refractivity contribution in [2.24, 2.45) is 0 Å². The van der Waals surface area contributed by atoms with Crippen molar-refractivity contribution < 1.29 is 9.18 Å². The van der Waals surface area contributed by atoms with E-state index in [0.29, 0.717) is 5.69 Å². The minimum Gasteiger partial charge on any atom is -0.372 e. The number of H-pyrrole nitrogens is 1. The number of aromatic nitrogens is 2. The lowest BCUT2D eigenvalue weighted by molar-refractivity contribution is -0.115. The van der Waals surface area contributed by atoms with Crippen LogP contribution in [0.2, 0.25) is 0 Å². The van der Waals surface area contributed by atoms with Gasteiger partial charge in [0, 0.05) is 24.3 Å². The first-order valence-corrected chi connectivity index (χ1v) is 10.0. The highest BCUT2D eigenvalue weighted by atomic mass is 19.1. The predicted octanol–water partition coefficient (Wildman–Crippen LogP) is 4.70.